The molecule has 1 heterocycles. The van der Waals surface area contributed by atoms with E-state index in [1.54, 1.807) is 6.07 Å². The molecule has 0 amide bonds. The summed E-state index contributed by atoms with van der Waals surface area (Å²) in [6.07, 6.45) is 1.39. The zero-order valence-corrected chi connectivity index (χ0v) is 11.5. The van der Waals surface area contributed by atoms with Gasteiger partial charge in [-0.2, -0.15) is 5.26 Å². The van der Waals surface area contributed by atoms with Crippen molar-refractivity contribution in [1.82, 2.24) is 9.55 Å². The molecule has 5 heteroatoms. The van der Waals surface area contributed by atoms with Crippen molar-refractivity contribution in [2.45, 2.75) is 13.8 Å². The highest BCUT2D eigenvalue weighted by Gasteiger charge is 2.16. The number of aromatic nitrogens is 2. The molecule has 0 bridgehead atoms. The fraction of sp³-hybridized carbons (Fsp3) is 0.125. The number of nitriles is 1. The molecular weight excluding hydrogens is 272 g/mol. The van der Waals surface area contributed by atoms with Gasteiger partial charge in [-0.3, -0.25) is 4.57 Å². The predicted molar refractivity (Wildman–Crippen MR) is 75.2 cm³/mol. The molecule has 21 heavy (non-hydrogen) atoms. The maximum absolute atomic E-state index is 14.1. The zero-order chi connectivity index (χ0) is 15.1. The van der Waals surface area contributed by atoms with E-state index >= 15 is 0 Å². The van der Waals surface area contributed by atoms with Crippen molar-refractivity contribution in [3.8, 4) is 11.8 Å². The summed E-state index contributed by atoms with van der Waals surface area (Å²) in [6.45, 7) is 3.88. The molecule has 2 aromatic carbocycles. The molecule has 0 radical (unpaired) electrons. The van der Waals surface area contributed by atoms with Crippen molar-refractivity contribution >= 4 is 11.0 Å². The van der Waals surface area contributed by atoms with Crippen LogP contribution in [0.5, 0.6) is 0 Å². The van der Waals surface area contributed by atoms with Crippen molar-refractivity contribution in [2.24, 2.45) is 0 Å². The van der Waals surface area contributed by atoms with Crippen molar-refractivity contribution in [3.63, 3.8) is 0 Å². The largest absolute Gasteiger partial charge is 0.293 e. The van der Waals surface area contributed by atoms with Crippen LogP contribution in [0.15, 0.2) is 30.6 Å². The summed E-state index contributed by atoms with van der Waals surface area (Å²) in [4.78, 5) is 4.19. The third-order valence-electron chi connectivity index (χ3n) is 3.55. The van der Waals surface area contributed by atoms with Gasteiger partial charge in [-0.1, -0.05) is 0 Å². The van der Waals surface area contributed by atoms with Crippen LogP contribution in [0.25, 0.3) is 16.7 Å². The lowest BCUT2D eigenvalue weighted by Crippen LogP contribution is -2.01. The van der Waals surface area contributed by atoms with E-state index in [1.165, 1.54) is 10.9 Å². The number of hydrogen-bond acceptors (Lipinski definition) is 2. The Kier molecular flexibility index (Phi) is 2.95. The van der Waals surface area contributed by atoms with E-state index in [1.807, 2.05) is 26.0 Å². The van der Waals surface area contributed by atoms with E-state index in [0.29, 0.717) is 11.0 Å². The monoisotopic (exact) mass is 283 g/mol. The molecule has 0 aliphatic rings. The van der Waals surface area contributed by atoms with E-state index in [2.05, 4.69) is 4.98 Å². The molecule has 0 saturated carbocycles. The quantitative estimate of drug-likeness (QED) is 0.681. The minimum absolute atomic E-state index is 0.0507. The van der Waals surface area contributed by atoms with Gasteiger partial charge >= 0.3 is 0 Å². The van der Waals surface area contributed by atoms with Crippen LogP contribution in [0.4, 0.5) is 8.78 Å². The summed E-state index contributed by atoms with van der Waals surface area (Å²) in [6, 6.07) is 7.49. The van der Waals surface area contributed by atoms with Crippen molar-refractivity contribution < 1.29 is 8.78 Å². The second kappa shape index (κ2) is 4.67. The van der Waals surface area contributed by atoms with Crippen LogP contribution in [0.2, 0.25) is 0 Å². The first-order valence-corrected chi connectivity index (χ1v) is 6.35. The SMILES string of the molecule is Cc1cc2ncn(-c3c(F)cc(C#N)cc3F)c2cc1C. The van der Waals surface area contributed by atoms with Crippen molar-refractivity contribution in [2.75, 3.05) is 0 Å². The lowest BCUT2D eigenvalue weighted by molar-refractivity contribution is 0.570. The van der Waals surface area contributed by atoms with E-state index in [4.69, 9.17) is 5.26 Å². The Labute approximate surface area is 120 Å². The number of halogens is 2. The lowest BCUT2D eigenvalue weighted by atomic mass is 10.1. The minimum Gasteiger partial charge on any atom is -0.293 e. The lowest BCUT2D eigenvalue weighted by Gasteiger charge is -2.09. The Morgan fingerprint density at radius 3 is 2.29 bits per heavy atom. The Hall–Kier alpha value is -2.74. The molecule has 0 N–H and O–H groups in total. The molecule has 1 aromatic heterocycles. The first-order valence-electron chi connectivity index (χ1n) is 6.35. The Bertz CT molecular complexity index is 881. The van der Waals surface area contributed by atoms with Crippen molar-refractivity contribution in [1.29, 1.82) is 5.26 Å². The number of nitrogens with zero attached hydrogens (tertiary/aromatic N) is 3. The first-order chi connectivity index (χ1) is 10.0. The first kappa shape index (κ1) is 13.3. The molecule has 3 nitrogen and oxygen atoms in total. The van der Waals surface area contributed by atoms with Gasteiger partial charge in [0.05, 0.1) is 22.7 Å². The second-order valence-corrected chi connectivity index (χ2v) is 4.94. The zero-order valence-electron chi connectivity index (χ0n) is 11.5. The van der Waals surface area contributed by atoms with Gasteiger partial charge in [-0.15, -0.1) is 0 Å². The Balaban J connectivity index is 2.31. The van der Waals surface area contributed by atoms with Gasteiger partial charge in [0.25, 0.3) is 0 Å². The Morgan fingerprint density at radius 2 is 1.67 bits per heavy atom. The molecule has 0 fully saturated rings. The number of aryl methyl sites for hydroxylation is 2. The molecular formula is C16H11F2N3. The highest BCUT2D eigenvalue weighted by molar-refractivity contribution is 5.79. The average Bonchev–Trinajstić information content (AvgIpc) is 2.81. The smallest absolute Gasteiger partial charge is 0.151 e. The van der Waals surface area contributed by atoms with Crippen LogP contribution < -0.4 is 0 Å². The van der Waals surface area contributed by atoms with Gasteiger partial charge in [0.1, 0.15) is 12.0 Å². The van der Waals surface area contributed by atoms with Gasteiger partial charge in [-0.25, -0.2) is 13.8 Å². The summed E-state index contributed by atoms with van der Waals surface area (Å²) in [5.74, 6) is -1.58. The maximum atomic E-state index is 14.1. The fourth-order valence-electron chi connectivity index (χ4n) is 2.30. The molecule has 0 spiro atoms. The molecule has 0 aliphatic heterocycles. The number of hydrogen-bond donors (Lipinski definition) is 0. The summed E-state index contributed by atoms with van der Waals surface area (Å²) in [5.41, 5.74) is 3.10. The third-order valence-corrected chi connectivity index (χ3v) is 3.55. The second-order valence-electron chi connectivity index (χ2n) is 4.94. The number of rotatable bonds is 1. The van der Waals surface area contributed by atoms with Crippen LogP contribution in [0, 0.1) is 36.8 Å². The summed E-state index contributed by atoms with van der Waals surface area (Å²) in [5, 5.41) is 8.74. The van der Waals surface area contributed by atoms with Gasteiger partial charge < -0.3 is 0 Å². The molecule has 104 valence electrons. The van der Waals surface area contributed by atoms with Crippen LogP contribution in [-0.4, -0.2) is 9.55 Å². The number of fused-ring (bicyclic) bond motifs is 1. The molecule has 3 aromatic rings. The van der Waals surface area contributed by atoms with E-state index in [-0.39, 0.29) is 11.3 Å². The number of imidazole rings is 1. The van der Waals surface area contributed by atoms with Crippen LogP contribution in [0.1, 0.15) is 16.7 Å². The van der Waals surface area contributed by atoms with Crippen LogP contribution >= 0.6 is 0 Å². The minimum atomic E-state index is -0.788. The van der Waals surface area contributed by atoms with Crippen LogP contribution in [0.3, 0.4) is 0 Å². The van der Waals surface area contributed by atoms with Gasteiger partial charge in [0.15, 0.2) is 11.6 Å². The normalized spacial score (nSPS) is 10.8. The fourth-order valence-corrected chi connectivity index (χ4v) is 2.30. The molecule has 0 saturated heterocycles. The summed E-state index contributed by atoms with van der Waals surface area (Å²) >= 11 is 0. The standard InChI is InChI=1S/C16H11F2N3/c1-9-3-14-15(4-10(9)2)21(8-20-14)16-12(17)5-11(7-19)6-13(16)18/h3-6,8H,1-2H3. The predicted octanol–water partition coefficient (Wildman–Crippen LogP) is 3.79. The van der Waals surface area contributed by atoms with Gasteiger partial charge in [-0.05, 0) is 49.2 Å². The highest BCUT2D eigenvalue weighted by atomic mass is 19.1. The molecule has 3 rings (SSSR count). The molecule has 0 aliphatic carbocycles. The topological polar surface area (TPSA) is 41.6 Å². The van der Waals surface area contributed by atoms with E-state index in [0.717, 1.165) is 23.3 Å². The van der Waals surface area contributed by atoms with Crippen LogP contribution in [-0.2, 0) is 0 Å². The van der Waals surface area contributed by atoms with E-state index < -0.39 is 11.6 Å². The van der Waals surface area contributed by atoms with E-state index in [9.17, 15) is 8.78 Å². The number of benzene rings is 2. The van der Waals surface area contributed by atoms with Crippen molar-refractivity contribution in [3.05, 3.63) is 58.9 Å². The maximum Gasteiger partial charge on any atom is 0.151 e. The molecule has 0 atom stereocenters. The third kappa shape index (κ3) is 2.05. The average molecular weight is 283 g/mol. The summed E-state index contributed by atoms with van der Waals surface area (Å²) < 4.78 is 29.6. The molecule has 0 unspecified atom stereocenters. The summed E-state index contributed by atoms with van der Waals surface area (Å²) in [7, 11) is 0. The Morgan fingerprint density at radius 1 is 1.05 bits per heavy atom. The van der Waals surface area contributed by atoms with Gasteiger partial charge in [0.2, 0.25) is 0 Å². The highest BCUT2D eigenvalue weighted by Crippen LogP contribution is 2.26. The van der Waals surface area contributed by atoms with Gasteiger partial charge in [0, 0.05) is 0 Å².